The standard InChI is InChI=1S/C7H20O3Si4/c1-6-12(9)7-13(11(2)8)10-14(3,4)5/h13H,6-7H2,1-5H3. The van der Waals surface area contributed by atoms with Gasteiger partial charge in [0.05, 0.1) is 0 Å². The summed E-state index contributed by atoms with van der Waals surface area (Å²) in [7, 11) is -6.36. The molecule has 0 aliphatic carbocycles. The van der Waals surface area contributed by atoms with Crippen molar-refractivity contribution < 1.29 is 13.0 Å². The summed E-state index contributed by atoms with van der Waals surface area (Å²) < 4.78 is 28.8. The van der Waals surface area contributed by atoms with E-state index in [1.165, 1.54) is 0 Å². The summed E-state index contributed by atoms with van der Waals surface area (Å²) in [5, 5.41) is 0. The number of hydrogen-bond acceptors (Lipinski definition) is 3. The summed E-state index contributed by atoms with van der Waals surface area (Å²) in [5.74, 6) is 0. The van der Waals surface area contributed by atoms with Crippen molar-refractivity contribution >= 4 is 33.8 Å². The molecule has 0 aromatic rings. The molecule has 3 nitrogen and oxygen atoms in total. The minimum Gasteiger partial charge on any atom is -0.455 e. The molecule has 0 spiro atoms. The fraction of sp³-hybridized carbons (Fsp3) is 1.00. The SMILES string of the molecule is CC[Si](=O)C[SiH](O[Si](C)(C)C)[Si](C)=O. The summed E-state index contributed by atoms with van der Waals surface area (Å²) in [6.07, 6.45) is 0. The van der Waals surface area contributed by atoms with Crippen LogP contribution in [-0.2, 0) is 13.0 Å². The lowest BCUT2D eigenvalue weighted by Gasteiger charge is -2.22. The molecule has 82 valence electrons. The summed E-state index contributed by atoms with van der Waals surface area (Å²) in [6.45, 7) is 9.98. The highest BCUT2D eigenvalue weighted by molar-refractivity contribution is 7.16. The predicted octanol–water partition coefficient (Wildman–Crippen LogP) is 1.67. The van der Waals surface area contributed by atoms with Gasteiger partial charge in [-0.2, -0.15) is 0 Å². The molecule has 1 unspecified atom stereocenters. The van der Waals surface area contributed by atoms with Gasteiger partial charge in [0.1, 0.15) is 0 Å². The lowest BCUT2D eigenvalue weighted by atomic mass is 11.0. The Kier molecular flexibility index (Phi) is 6.29. The average Bonchev–Trinajstić information content (AvgIpc) is 2.00. The van der Waals surface area contributed by atoms with Crippen LogP contribution in [0, 0.1) is 0 Å². The van der Waals surface area contributed by atoms with Gasteiger partial charge in [0.15, 0.2) is 8.32 Å². The van der Waals surface area contributed by atoms with Gasteiger partial charge in [0.2, 0.25) is 8.56 Å². The molecule has 0 amide bonds. The summed E-state index contributed by atoms with van der Waals surface area (Å²) >= 11 is 0. The summed E-state index contributed by atoms with van der Waals surface area (Å²) in [4.78, 5) is 0. The van der Waals surface area contributed by atoms with E-state index in [0.717, 1.165) is 6.04 Å². The highest BCUT2D eigenvalue weighted by Crippen LogP contribution is 2.09. The Morgan fingerprint density at radius 3 is 2.07 bits per heavy atom. The van der Waals surface area contributed by atoms with Crippen LogP contribution < -0.4 is 0 Å². The summed E-state index contributed by atoms with van der Waals surface area (Å²) in [6, 6.07) is 0.721. The third-order valence-corrected chi connectivity index (χ3v) is 16.3. The van der Waals surface area contributed by atoms with Crippen molar-refractivity contribution in [1.82, 2.24) is 0 Å². The molecule has 0 aliphatic heterocycles. The first-order chi connectivity index (χ1) is 6.26. The van der Waals surface area contributed by atoms with E-state index in [2.05, 4.69) is 19.6 Å². The molecule has 14 heavy (non-hydrogen) atoms. The zero-order valence-electron chi connectivity index (χ0n) is 9.72. The second kappa shape index (κ2) is 6.11. The van der Waals surface area contributed by atoms with Crippen LogP contribution in [0.1, 0.15) is 6.92 Å². The van der Waals surface area contributed by atoms with Crippen LogP contribution >= 0.6 is 0 Å². The van der Waals surface area contributed by atoms with Crippen molar-refractivity contribution in [3.05, 3.63) is 0 Å². The van der Waals surface area contributed by atoms with Crippen LogP contribution in [0.4, 0.5) is 0 Å². The second-order valence-electron chi connectivity index (χ2n) is 4.43. The normalized spacial score (nSPS) is 13.8. The minimum absolute atomic E-state index is 0.639. The fourth-order valence-electron chi connectivity index (χ4n) is 1.05. The molecule has 0 aromatic heterocycles. The molecule has 0 saturated carbocycles. The zero-order chi connectivity index (χ0) is 11.4. The Labute approximate surface area is 91.8 Å². The third-order valence-electron chi connectivity index (χ3n) is 1.76. The van der Waals surface area contributed by atoms with Crippen LogP contribution in [0.5, 0.6) is 0 Å². The number of hydrogen-bond donors (Lipinski definition) is 0. The maximum Gasteiger partial charge on any atom is 0.281 e. The van der Waals surface area contributed by atoms with Gasteiger partial charge in [-0.15, -0.1) is 0 Å². The van der Waals surface area contributed by atoms with E-state index in [0.29, 0.717) is 5.67 Å². The first-order valence-corrected chi connectivity index (χ1v) is 15.2. The maximum atomic E-state index is 11.5. The molecule has 0 radical (unpaired) electrons. The van der Waals surface area contributed by atoms with Crippen LogP contribution in [0.2, 0.25) is 37.9 Å². The molecule has 0 rings (SSSR count). The van der Waals surface area contributed by atoms with E-state index in [-0.39, 0.29) is 0 Å². The van der Waals surface area contributed by atoms with Gasteiger partial charge in [-0.25, -0.2) is 0 Å². The molecule has 0 fully saturated rings. The van der Waals surface area contributed by atoms with Crippen LogP contribution in [0.25, 0.3) is 0 Å². The van der Waals surface area contributed by atoms with Crippen molar-refractivity contribution in [3.63, 3.8) is 0 Å². The Balaban J connectivity index is 4.31. The smallest absolute Gasteiger partial charge is 0.281 e. The molecule has 7 heteroatoms. The quantitative estimate of drug-likeness (QED) is 0.686. The van der Waals surface area contributed by atoms with Crippen molar-refractivity contribution in [2.24, 2.45) is 0 Å². The molecule has 0 N–H and O–H groups in total. The molecule has 0 bridgehead atoms. The minimum atomic E-state index is -1.67. The highest BCUT2D eigenvalue weighted by Gasteiger charge is 2.29. The molecule has 0 aromatic carbocycles. The van der Waals surface area contributed by atoms with Crippen LogP contribution in [0.3, 0.4) is 0 Å². The fourth-order valence-corrected chi connectivity index (χ4v) is 19.5. The maximum absolute atomic E-state index is 11.5. The van der Waals surface area contributed by atoms with Gasteiger partial charge in [0, 0.05) is 5.67 Å². The van der Waals surface area contributed by atoms with E-state index >= 15 is 0 Å². The molecule has 0 aliphatic rings. The van der Waals surface area contributed by atoms with Crippen LogP contribution in [-0.4, -0.2) is 33.8 Å². The van der Waals surface area contributed by atoms with Crippen molar-refractivity contribution in [1.29, 1.82) is 0 Å². The molecular weight excluding hydrogens is 244 g/mol. The van der Waals surface area contributed by atoms with Crippen LogP contribution in [0.15, 0.2) is 0 Å². The van der Waals surface area contributed by atoms with E-state index < -0.39 is 33.8 Å². The van der Waals surface area contributed by atoms with Crippen molar-refractivity contribution in [2.45, 2.75) is 44.8 Å². The first-order valence-electron chi connectivity index (χ1n) is 4.96. The largest absolute Gasteiger partial charge is 0.455 e. The van der Waals surface area contributed by atoms with E-state index in [1.54, 1.807) is 6.55 Å². The molecular formula is C7H20O3Si4. The van der Waals surface area contributed by atoms with E-state index in [1.807, 2.05) is 6.92 Å². The van der Waals surface area contributed by atoms with Crippen molar-refractivity contribution in [3.8, 4) is 0 Å². The second-order valence-corrected chi connectivity index (χ2v) is 19.6. The van der Waals surface area contributed by atoms with Gasteiger partial charge in [-0.1, -0.05) is 6.92 Å². The predicted molar refractivity (Wildman–Crippen MR) is 65.6 cm³/mol. The first kappa shape index (κ1) is 14.4. The third kappa shape index (κ3) is 6.82. The Morgan fingerprint density at radius 2 is 1.79 bits per heavy atom. The van der Waals surface area contributed by atoms with E-state index in [4.69, 9.17) is 4.12 Å². The molecule has 1 atom stereocenters. The highest BCUT2D eigenvalue weighted by atomic mass is 29.2. The van der Waals surface area contributed by atoms with E-state index in [9.17, 15) is 8.92 Å². The van der Waals surface area contributed by atoms with Gasteiger partial charge < -0.3 is 13.0 Å². The summed E-state index contributed by atoms with van der Waals surface area (Å²) in [5.41, 5.74) is 0.639. The van der Waals surface area contributed by atoms with Gasteiger partial charge in [0.25, 0.3) is 16.9 Å². The monoisotopic (exact) mass is 264 g/mol. The Bertz CT molecular complexity index is 223. The Morgan fingerprint density at radius 1 is 1.29 bits per heavy atom. The lowest BCUT2D eigenvalue weighted by Crippen LogP contribution is -2.41. The van der Waals surface area contributed by atoms with Gasteiger partial charge in [-0.3, -0.25) is 0 Å². The lowest BCUT2D eigenvalue weighted by molar-refractivity contribution is 0.544. The van der Waals surface area contributed by atoms with Gasteiger partial charge in [-0.05, 0) is 32.2 Å². The average molecular weight is 265 g/mol. The van der Waals surface area contributed by atoms with Gasteiger partial charge >= 0.3 is 0 Å². The number of rotatable bonds is 6. The van der Waals surface area contributed by atoms with Crippen molar-refractivity contribution in [2.75, 3.05) is 0 Å². The molecule has 0 heterocycles. The topological polar surface area (TPSA) is 43.4 Å². The Hall–Kier alpha value is 0.428. The molecule has 0 saturated heterocycles. The zero-order valence-corrected chi connectivity index (χ0v) is 13.9.